The number of rotatable bonds is 5. The molecular formula is C19H19N3O4. The molecule has 1 aliphatic rings. The molecule has 0 aliphatic carbocycles. The number of hydrogen-bond donors (Lipinski definition) is 2. The van der Waals surface area contributed by atoms with E-state index in [2.05, 4.69) is 5.32 Å². The van der Waals surface area contributed by atoms with Gasteiger partial charge in [0.2, 0.25) is 5.91 Å². The number of esters is 1. The molecule has 3 N–H and O–H groups in total. The molecule has 7 heteroatoms. The number of amides is 2. The van der Waals surface area contributed by atoms with Crippen LogP contribution in [-0.2, 0) is 14.3 Å². The Balaban J connectivity index is 1.50. The summed E-state index contributed by atoms with van der Waals surface area (Å²) in [7, 11) is 0. The molecule has 7 nitrogen and oxygen atoms in total. The van der Waals surface area contributed by atoms with Crippen LogP contribution >= 0.6 is 0 Å². The van der Waals surface area contributed by atoms with Crippen LogP contribution in [0.2, 0.25) is 0 Å². The van der Waals surface area contributed by atoms with E-state index in [1.807, 2.05) is 0 Å². The molecule has 0 aromatic heterocycles. The van der Waals surface area contributed by atoms with E-state index in [-0.39, 0.29) is 5.91 Å². The van der Waals surface area contributed by atoms with Gasteiger partial charge in [-0.1, -0.05) is 0 Å². The van der Waals surface area contributed by atoms with Gasteiger partial charge in [0.25, 0.3) is 5.91 Å². The molecule has 0 radical (unpaired) electrons. The predicted octanol–water partition coefficient (Wildman–Crippen LogP) is 2.19. The molecule has 0 bridgehead atoms. The van der Waals surface area contributed by atoms with Gasteiger partial charge in [0.1, 0.15) is 0 Å². The van der Waals surface area contributed by atoms with Crippen molar-refractivity contribution in [2.45, 2.75) is 12.8 Å². The number of anilines is 3. The molecule has 0 saturated carbocycles. The maximum atomic E-state index is 11.9. The number of hydrogen-bond acceptors (Lipinski definition) is 5. The standard InChI is InChI=1S/C19H19N3O4/c20-14-5-3-13(4-6-14)19(25)26-12-17(23)21-15-7-9-16(10-8-15)22-11-1-2-18(22)24/h3-10H,1-2,11-12,20H2,(H,21,23). The van der Waals surface area contributed by atoms with Gasteiger partial charge in [-0.25, -0.2) is 4.79 Å². The first-order valence-corrected chi connectivity index (χ1v) is 8.26. The molecule has 0 spiro atoms. The van der Waals surface area contributed by atoms with Crippen molar-refractivity contribution in [1.29, 1.82) is 0 Å². The third kappa shape index (κ3) is 4.18. The van der Waals surface area contributed by atoms with Gasteiger partial charge < -0.3 is 20.7 Å². The maximum absolute atomic E-state index is 11.9. The van der Waals surface area contributed by atoms with E-state index in [1.54, 1.807) is 41.3 Å². The molecule has 2 aromatic carbocycles. The maximum Gasteiger partial charge on any atom is 0.338 e. The van der Waals surface area contributed by atoms with Crippen molar-refractivity contribution in [3.05, 3.63) is 54.1 Å². The summed E-state index contributed by atoms with van der Waals surface area (Å²) < 4.78 is 4.98. The number of ether oxygens (including phenoxy) is 1. The second-order valence-corrected chi connectivity index (χ2v) is 5.94. The Bertz CT molecular complexity index is 816. The Morgan fingerprint density at radius 2 is 1.77 bits per heavy atom. The zero-order chi connectivity index (χ0) is 18.5. The third-order valence-corrected chi connectivity index (χ3v) is 4.02. The number of carbonyl (C=O) groups is 3. The topological polar surface area (TPSA) is 102 Å². The Morgan fingerprint density at radius 1 is 1.08 bits per heavy atom. The number of nitrogens with one attached hydrogen (secondary N) is 1. The zero-order valence-corrected chi connectivity index (χ0v) is 14.1. The lowest BCUT2D eigenvalue weighted by molar-refractivity contribution is -0.119. The summed E-state index contributed by atoms with van der Waals surface area (Å²) in [4.78, 5) is 37.2. The van der Waals surface area contributed by atoms with E-state index in [9.17, 15) is 14.4 Å². The number of nitrogens with zero attached hydrogens (tertiary/aromatic N) is 1. The quantitative estimate of drug-likeness (QED) is 0.634. The van der Waals surface area contributed by atoms with E-state index >= 15 is 0 Å². The van der Waals surface area contributed by atoms with E-state index in [1.165, 1.54) is 12.1 Å². The van der Waals surface area contributed by atoms with Crippen molar-refractivity contribution in [2.75, 3.05) is 29.1 Å². The molecule has 1 aliphatic heterocycles. The average Bonchev–Trinajstić information content (AvgIpc) is 3.07. The first-order chi connectivity index (χ1) is 12.5. The monoisotopic (exact) mass is 353 g/mol. The number of nitrogens with two attached hydrogens (primary N) is 1. The van der Waals surface area contributed by atoms with Crippen molar-refractivity contribution >= 4 is 34.8 Å². The summed E-state index contributed by atoms with van der Waals surface area (Å²) in [5, 5.41) is 2.65. The molecule has 2 amide bonds. The second kappa shape index (κ2) is 7.69. The van der Waals surface area contributed by atoms with Crippen molar-refractivity contribution in [1.82, 2.24) is 0 Å². The molecule has 3 rings (SSSR count). The van der Waals surface area contributed by atoms with Crippen molar-refractivity contribution in [3.63, 3.8) is 0 Å². The summed E-state index contributed by atoms with van der Waals surface area (Å²) in [5.41, 5.74) is 7.79. The van der Waals surface area contributed by atoms with Gasteiger partial charge in [0.05, 0.1) is 5.56 Å². The van der Waals surface area contributed by atoms with Crippen LogP contribution in [-0.4, -0.2) is 30.9 Å². The Kier molecular flexibility index (Phi) is 5.17. The van der Waals surface area contributed by atoms with Gasteiger partial charge in [-0.05, 0) is 55.0 Å². The van der Waals surface area contributed by atoms with E-state index < -0.39 is 18.5 Å². The van der Waals surface area contributed by atoms with Crippen molar-refractivity contribution in [2.24, 2.45) is 0 Å². The normalized spacial score (nSPS) is 13.5. The van der Waals surface area contributed by atoms with Gasteiger partial charge in [-0.3, -0.25) is 9.59 Å². The van der Waals surface area contributed by atoms with Crippen LogP contribution in [0.5, 0.6) is 0 Å². The fraction of sp³-hybridized carbons (Fsp3) is 0.211. The Morgan fingerprint density at radius 3 is 2.38 bits per heavy atom. The van der Waals surface area contributed by atoms with E-state index in [4.69, 9.17) is 10.5 Å². The highest BCUT2D eigenvalue weighted by molar-refractivity contribution is 5.97. The van der Waals surface area contributed by atoms with Gasteiger partial charge in [-0.2, -0.15) is 0 Å². The summed E-state index contributed by atoms with van der Waals surface area (Å²) in [6.07, 6.45) is 1.43. The number of benzene rings is 2. The van der Waals surface area contributed by atoms with Crippen LogP contribution in [0.3, 0.4) is 0 Å². The fourth-order valence-corrected chi connectivity index (χ4v) is 2.68. The van der Waals surface area contributed by atoms with Crippen molar-refractivity contribution in [3.8, 4) is 0 Å². The molecule has 26 heavy (non-hydrogen) atoms. The highest BCUT2D eigenvalue weighted by Gasteiger charge is 2.21. The second-order valence-electron chi connectivity index (χ2n) is 5.94. The molecule has 1 heterocycles. The molecule has 134 valence electrons. The van der Waals surface area contributed by atoms with E-state index in [0.29, 0.717) is 29.9 Å². The Hall–Kier alpha value is -3.35. The predicted molar refractivity (Wildman–Crippen MR) is 97.8 cm³/mol. The number of carbonyl (C=O) groups excluding carboxylic acids is 3. The molecule has 2 aromatic rings. The molecule has 1 fully saturated rings. The molecule has 0 atom stereocenters. The van der Waals surface area contributed by atoms with Crippen LogP contribution in [0.15, 0.2) is 48.5 Å². The minimum atomic E-state index is -0.594. The highest BCUT2D eigenvalue weighted by atomic mass is 16.5. The largest absolute Gasteiger partial charge is 0.452 e. The first kappa shape index (κ1) is 17.5. The SMILES string of the molecule is Nc1ccc(C(=O)OCC(=O)Nc2ccc(N3CCCC3=O)cc2)cc1. The van der Waals surface area contributed by atoms with Gasteiger partial charge >= 0.3 is 5.97 Å². The zero-order valence-electron chi connectivity index (χ0n) is 14.1. The van der Waals surface area contributed by atoms with Crippen LogP contribution < -0.4 is 16.0 Å². The Labute approximate surface area is 150 Å². The number of nitrogen functional groups attached to an aromatic ring is 1. The minimum absolute atomic E-state index is 0.108. The summed E-state index contributed by atoms with van der Waals surface area (Å²) in [6.45, 7) is 0.321. The minimum Gasteiger partial charge on any atom is -0.452 e. The molecule has 1 saturated heterocycles. The lowest BCUT2D eigenvalue weighted by atomic mass is 10.2. The van der Waals surface area contributed by atoms with Crippen LogP contribution in [0.25, 0.3) is 0 Å². The summed E-state index contributed by atoms with van der Waals surface area (Å²) >= 11 is 0. The average molecular weight is 353 g/mol. The summed E-state index contributed by atoms with van der Waals surface area (Å²) in [5.74, 6) is -0.932. The van der Waals surface area contributed by atoms with Crippen molar-refractivity contribution < 1.29 is 19.1 Å². The highest BCUT2D eigenvalue weighted by Crippen LogP contribution is 2.23. The first-order valence-electron chi connectivity index (χ1n) is 8.26. The fourth-order valence-electron chi connectivity index (χ4n) is 2.68. The van der Waals surface area contributed by atoms with E-state index in [0.717, 1.165) is 12.1 Å². The van der Waals surface area contributed by atoms with Crippen LogP contribution in [0, 0.1) is 0 Å². The lowest BCUT2D eigenvalue weighted by Crippen LogP contribution is -2.23. The smallest absolute Gasteiger partial charge is 0.338 e. The lowest BCUT2D eigenvalue weighted by Gasteiger charge is -2.16. The molecular weight excluding hydrogens is 334 g/mol. The van der Waals surface area contributed by atoms with Gasteiger partial charge in [0, 0.05) is 30.0 Å². The summed E-state index contributed by atoms with van der Waals surface area (Å²) in [6, 6.07) is 13.2. The third-order valence-electron chi connectivity index (χ3n) is 4.02. The van der Waals surface area contributed by atoms with Gasteiger partial charge in [0.15, 0.2) is 6.61 Å². The van der Waals surface area contributed by atoms with Crippen LogP contribution in [0.1, 0.15) is 23.2 Å². The van der Waals surface area contributed by atoms with Gasteiger partial charge in [-0.15, -0.1) is 0 Å². The van der Waals surface area contributed by atoms with Crippen LogP contribution in [0.4, 0.5) is 17.1 Å². The molecule has 0 unspecified atom stereocenters.